The van der Waals surface area contributed by atoms with Crippen LogP contribution >= 0.6 is 15.9 Å². The Kier molecular flexibility index (Phi) is 4.45. The van der Waals surface area contributed by atoms with E-state index in [9.17, 15) is 5.11 Å². The van der Waals surface area contributed by atoms with Crippen LogP contribution in [0.25, 0.3) is 16.8 Å². The SMILES string of the molecule is CC(C)(O)Cn1cc(-c2cc3ncc(Br)n3nc2O[C@H]2CCOC2)cn1. The van der Waals surface area contributed by atoms with Gasteiger partial charge >= 0.3 is 0 Å². The molecule has 26 heavy (non-hydrogen) atoms. The van der Waals surface area contributed by atoms with Crippen molar-refractivity contribution in [1.29, 1.82) is 0 Å². The van der Waals surface area contributed by atoms with Gasteiger partial charge in [-0.15, -0.1) is 5.10 Å². The molecule has 0 amide bonds. The average Bonchev–Trinajstić information content (AvgIpc) is 3.29. The van der Waals surface area contributed by atoms with Crippen LogP contribution in [0, 0.1) is 0 Å². The van der Waals surface area contributed by atoms with Crippen molar-refractivity contribution in [3.63, 3.8) is 0 Å². The Balaban J connectivity index is 1.74. The third kappa shape index (κ3) is 3.60. The fourth-order valence-electron chi connectivity index (χ4n) is 2.91. The monoisotopic (exact) mass is 421 g/mol. The second-order valence-corrected chi connectivity index (χ2v) is 7.87. The number of aliphatic hydroxyl groups is 1. The van der Waals surface area contributed by atoms with Crippen molar-refractivity contribution in [2.24, 2.45) is 0 Å². The van der Waals surface area contributed by atoms with Crippen LogP contribution in [-0.4, -0.2) is 54.4 Å². The van der Waals surface area contributed by atoms with Crippen molar-refractivity contribution >= 4 is 21.6 Å². The Morgan fingerprint density at radius 1 is 1.42 bits per heavy atom. The molecule has 9 heteroatoms. The first-order valence-electron chi connectivity index (χ1n) is 8.43. The van der Waals surface area contributed by atoms with E-state index in [0.717, 1.165) is 22.2 Å². The molecule has 1 atom stereocenters. The van der Waals surface area contributed by atoms with Crippen LogP contribution in [0.4, 0.5) is 0 Å². The number of halogens is 1. The maximum absolute atomic E-state index is 10.0. The standard InChI is InChI=1S/C17H20BrN5O3/c1-17(2,24)10-22-8-11(6-20-22)13-5-15-19-7-14(18)23(15)21-16(13)26-12-3-4-25-9-12/h5-8,12,24H,3-4,9-10H2,1-2H3/t12-/m0/s1. The summed E-state index contributed by atoms with van der Waals surface area (Å²) in [6, 6.07) is 1.92. The predicted octanol–water partition coefficient (Wildman–Crippen LogP) is 2.29. The van der Waals surface area contributed by atoms with Crippen molar-refractivity contribution in [3.8, 4) is 17.0 Å². The lowest BCUT2D eigenvalue weighted by Crippen LogP contribution is -2.26. The molecule has 1 N–H and O–H groups in total. The molecule has 1 saturated heterocycles. The molecule has 3 aromatic heterocycles. The lowest BCUT2D eigenvalue weighted by Gasteiger charge is -2.16. The van der Waals surface area contributed by atoms with E-state index < -0.39 is 5.60 Å². The van der Waals surface area contributed by atoms with Crippen molar-refractivity contribution in [1.82, 2.24) is 24.4 Å². The van der Waals surface area contributed by atoms with Crippen molar-refractivity contribution in [3.05, 3.63) is 29.3 Å². The highest BCUT2D eigenvalue weighted by atomic mass is 79.9. The molecule has 0 aromatic carbocycles. The number of hydrogen-bond acceptors (Lipinski definition) is 6. The largest absolute Gasteiger partial charge is 0.470 e. The van der Waals surface area contributed by atoms with E-state index >= 15 is 0 Å². The molecule has 0 bridgehead atoms. The molecule has 0 unspecified atom stereocenters. The lowest BCUT2D eigenvalue weighted by molar-refractivity contribution is 0.0577. The number of hydrogen-bond donors (Lipinski definition) is 1. The van der Waals surface area contributed by atoms with Gasteiger partial charge in [-0.3, -0.25) is 4.68 Å². The minimum absolute atomic E-state index is 0.0209. The van der Waals surface area contributed by atoms with Gasteiger partial charge in [0, 0.05) is 18.2 Å². The summed E-state index contributed by atoms with van der Waals surface area (Å²) in [6.07, 6.45) is 6.14. The summed E-state index contributed by atoms with van der Waals surface area (Å²) in [6.45, 7) is 5.14. The molecular weight excluding hydrogens is 402 g/mol. The molecule has 0 radical (unpaired) electrons. The maximum atomic E-state index is 10.0. The molecule has 3 aromatic rings. The van der Waals surface area contributed by atoms with E-state index in [1.165, 1.54) is 0 Å². The van der Waals surface area contributed by atoms with Crippen LogP contribution in [-0.2, 0) is 11.3 Å². The highest BCUT2D eigenvalue weighted by Gasteiger charge is 2.22. The summed E-state index contributed by atoms with van der Waals surface area (Å²) in [5.74, 6) is 0.509. The molecule has 0 aliphatic carbocycles. The van der Waals surface area contributed by atoms with Crippen molar-refractivity contribution < 1.29 is 14.6 Å². The Morgan fingerprint density at radius 3 is 3.00 bits per heavy atom. The van der Waals surface area contributed by atoms with E-state index in [2.05, 4.69) is 31.1 Å². The molecule has 138 valence electrons. The lowest BCUT2D eigenvalue weighted by atomic mass is 10.1. The van der Waals surface area contributed by atoms with Crippen molar-refractivity contribution in [2.45, 2.75) is 38.5 Å². The Hall–Kier alpha value is -1.97. The van der Waals surface area contributed by atoms with E-state index in [4.69, 9.17) is 9.47 Å². The minimum Gasteiger partial charge on any atom is -0.470 e. The Labute approximate surface area is 158 Å². The van der Waals surface area contributed by atoms with Crippen molar-refractivity contribution in [2.75, 3.05) is 13.2 Å². The van der Waals surface area contributed by atoms with E-state index in [1.54, 1.807) is 35.4 Å². The van der Waals surface area contributed by atoms with Gasteiger partial charge in [0.2, 0.25) is 5.88 Å². The second-order valence-electron chi connectivity index (χ2n) is 7.06. The van der Waals surface area contributed by atoms with Crippen LogP contribution in [0.2, 0.25) is 0 Å². The van der Waals surface area contributed by atoms with Crippen LogP contribution in [0.5, 0.6) is 5.88 Å². The Bertz CT molecular complexity index is 924. The molecule has 4 heterocycles. The molecule has 1 aliphatic heterocycles. The molecular formula is C17H20BrN5O3. The number of aromatic nitrogens is 5. The summed E-state index contributed by atoms with van der Waals surface area (Å²) in [5.41, 5.74) is 1.53. The van der Waals surface area contributed by atoms with Gasteiger partial charge in [0.05, 0.1) is 43.3 Å². The molecule has 8 nitrogen and oxygen atoms in total. The van der Waals surface area contributed by atoms with Gasteiger partial charge in [-0.1, -0.05) is 0 Å². The van der Waals surface area contributed by atoms with Crippen LogP contribution in [0.15, 0.2) is 29.3 Å². The summed E-state index contributed by atoms with van der Waals surface area (Å²) < 4.78 is 15.7. The smallest absolute Gasteiger partial charge is 0.240 e. The van der Waals surface area contributed by atoms with Gasteiger partial charge in [0.25, 0.3) is 0 Å². The zero-order chi connectivity index (χ0) is 18.3. The summed E-state index contributed by atoms with van der Waals surface area (Å²) in [4.78, 5) is 4.35. The van der Waals surface area contributed by atoms with Gasteiger partial charge in [0.1, 0.15) is 10.7 Å². The number of rotatable bonds is 5. The number of fused-ring (bicyclic) bond motifs is 1. The molecule has 4 rings (SSSR count). The second kappa shape index (κ2) is 6.64. The molecule has 0 spiro atoms. The van der Waals surface area contributed by atoms with E-state index in [1.807, 2.05) is 12.3 Å². The van der Waals surface area contributed by atoms with Gasteiger partial charge < -0.3 is 14.6 Å². The highest BCUT2D eigenvalue weighted by Crippen LogP contribution is 2.31. The first-order chi connectivity index (χ1) is 12.4. The zero-order valence-electron chi connectivity index (χ0n) is 14.6. The molecule has 1 fully saturated rings. The number of nitrogens with zero attached hydrogens (tertiary/aromatic N) is 5. The van der Waals surface area contributed by atoms with Gasteiger partial charge in [-0.05, 0) is 35.8 Å². The number of imidazole rings is 1. The molecule has 1 aliphatic rings. The zero-order valence-corrected chi connectivity index (χ0v) is 16.2. The molecule has 0 saturated carbocycles. The first kappa shape index (κ1) is 17.4. The quantitative estimate of drug-likeness (QED) is 0.679. The van der Waals surface area contributed by atoms with E-state index in [-0.39, 0.29) is 6.10 Å². The summed E-state index contributed by atoms with van der Waals surface area (Å²) in [7, 11) is 0. The summed E-state index contributed by atoms with van der Waals surface area (Å²) >= 11 is 3.45. The predicted molar refractivity (Wildman–Crippen MR) is 98.1 cm³/mol. The Morgan fingerprint density at radius 2 is 2.27 bits per heavy atom. The van der Waals surface area contributed by atoms with Gasteiger partial charge in [-0.25, -0.2) is 9.50 Å². The average molecular weight is 422 g/mol. The van der Waals surface area contributed by atoms with E-state index in [0.29, 0.717) is 31.3 Å². The fraction of sp³-hybridized carbons (Fsp3) is 0.471. The number of ether oxygens (including phenoxy) is 2. The van der Waals surface area contributed by atoms with Crippen LogP contribution in [0.1, 0.15) is 20.3 Å². The third-order valence-corrected chi connectivity index (χ3v) is 4.62. The van der Waals surface area contributed by atoms with Crippen LogP contribution in [0.3, 0.4) is 0 Å². The minimum atomic E-state index is -0.847. The highest BCUT2D eigenvalue weighted by molar-refractivity contribution is 9.10. The summed E-state index contributed by atoms with van der Waals surface area (Å²) in [5, 5.41) is 19.0. The van der Waals surface area contributed by atoms with Crippen LogP contribution < -0.4 is 4.74 Å². The maximum Gasteiger partial charge on any atom is 0.240 e. The normalized spacial score (nSPS) is 17.9. The fourth-order valence-corrected chi connectivity index (χ4v) is 3.28. The van der Waals surface area contributed by atoms with Gasteiger partial charge in [-0.2, -0.15) is 5.10 Å². The van der Waals surface area contributed by atoms with Gasteiger partial charge in [0.15, 0.2) is 5.65 Å². The first-order valence-corrected chi connectivity index (χ1v) is 9.22. The topological polar surface area (TPSA) is 86.7 Å². The third-order valence-electron chi connectivity index (χ3n) is 4.08.